The Kier molecular flexibility index (Phi) is 2.30. The number of thiophene rings is 1. The summed E-state index contributed by atoms with van der Waals surface area (Å²) in [5, 5.41) is 7.87. The van der Waals surface area contributed by atoms with E-state index in [9.17, 15) is 0 Å². The van der Waals surface area contributed by atoms with Crippen LogP contribution < -0.4 is 0 Å². The van der Waals surface area contributed by atoms with Crippen molar-refractivity contribution in [3.05, 3.63) is 82.0 Å². The fourth-order valence-corrected chi connectivity index (χ4v) is 4.64. The van der Waals surface area contributed by atoms with Gasteiger partial charge in [0.05, 0.1) is 0 Å². The lowest BCUT2D eigenvalue weighted by atomic mass is 9.79. The van der Waals surface area contributed by atoms with E-state index in [1.807, 2.05) is 11.3 Å². The summed E-state index contributed by atoms with van der Waals surface area (Å²) < 4.78 is 0. The van der Waals surface area contributed by atoms with E-state index in [0.29, 0.717) is 5.92 Å². The molecule has 0 N–H and O–H groups in total. The maximum Gasteiger partial charge on any atom is 0.0230 e. The van der Waals surface area contributed by atoms with Crippen molar-refractivity contribution < 1.29 is 0 Å². The van der Waals surface area contributed by atoms with Crippen LogP contribution in [0.5, 0.6) is 0 Å². The molecule has 1 atom stereocenters. The largest absolute Gasteiger partial charge is 0.148 e. The first-order valence-corrected chi connectivity index (χ1v) is 8.26. The van der Waals surface area contributed by atoms with Crippen LogP contribution in [-0.4, -0.2) is 0 Å². The van der Waals surface area contributed by atoms with Crippen LogP contribution in [0.15, 0.2) is 66.0 Å². The van der Waals surface area contributed by atoms with Crippen molar-refractivity contribution >= 4 is 32.9 Å². The number of hydrogen-bond acceptors (Lipinski definition) is 1. The van der Waals surface area contributed by atoms with Gasteiger partial charge in [0.2, 0.25) is 0 Å². The van der Waals surface area contributed by atoms with E-state index in [1.165, 1.54) is 37.5 Å². The molecule has 4 aromatic rings. The summed E-state index contributed by atoms with van der Waals surface area (Å²) in [6.07, 6.45) is 1.12. The second-order valence-corrected chi connectivity index (χ2v) is 6.78. The van der Waals surface area contributed by atoms with E-state index in [0.717, 1.165) is 6.42 Å². The summed E-state index contributed by atoms with van der Waals surface area (Å²) in [5.74, 6) is 0.509. The van der Waals surface area contributed by atoms with Gasteiger partial charge in [-0.25, -0.2) is 0 Å². The van der Waals surface area contributed by atoms with Gasteiger partial charge in [0.15, 0.2) is 0 Å². The summed E-state index contributed by atoms with van der Waals surface area (Å²) in [7, 11) is 0. The SMILES string of the molecule is c1csc(C2Cc3cccc4ccc5cccc2c5c34)c1. The highest BCUT2D eigenvalue weighted by molar-refractivity contribution is 7.10. The number of rotatable bonds is 1. The fourth-order valence-electron chi connectivity index (χ4n) is 3.79. The van der Waals surface area contributed by atoms with Gasteiger partial charge in [-0.05, 0) is 50.5 Å². The van der Waals surface area contributed by atoms with Gasteiger partial charge in [0.25, 0.3) is 0 Å². The molecule has 100 valence electrons. The first kappa shape index (κ1) is 11.5. The third-order valence-corrected chi connectivity index (χ3v) is 5.68. The van der Waals surface area contributed by atoms with Crippen molar-refractivity contribution in [1.82, 2.24) is 0 Å². The van der Waals surface area contributed by atoms with E-state index >= 15 is 0 Å². The van der Waals surface area contributed by atoms with Crippen LogP contribution in [0.1, 0.15) is 21.9 Å². The Morgan fingerprint density at radius 2 is 1.57 bits per heavy atom. The molecule has 21 heavy (non-hydrogen) atoms. The standard InChI is InChI=1S/C20H14S/c1-4-13-9-10-14-5-2-7-16-17(18-8-3-11-21-18)12-15(6-1)19(13)20(14)16/h1-11,17H,12H2. The molecule has 0 saturated carbocycles. The molecule has 0 fully saturated rings. The molecule has 0 radical (unpaired) electrons. The average molecular weight is 286 g/mol. The van der Waals surface area contributed by atoms with Crippen molar-refractivity contribution in [3.8, 4) is 0 Å². The van der Waals surface area contributed by atoms with E-state index < -0.39 is 0 Å². The molecule has 5 rings (SSSR count). The van der Waals surface area contributed by atoms with Crippen LogP contribution in [-0.2, 0) is 6.42 Å². The summed E-state index contributed by atoms with van der Waals surface area (Å²) in [5.41, 5.74) is 2.99. The zero-order valence-corrected chi connectivity index (χ0v) is 12.4. The Hall–Kier alpha value is -2.12. The molecule has 1 unspecified atom stereocenters. The number of benzene rings is 3. The van der Waals surface area contributed by atoms with E-state index in [-0.39, 0.29) is 0 Å². The van der Waals surface area contributed by atoms with Gasteiger partial charge in [0, 0.05) is 10.8 Å². The zero-order chi connectivity index (χ0) is 13.8. The molecule has 1 heterocycles. The van der Waals surface area contributed by atoms with Gasteiger partial charge in [-0.1, -0.05) is 54.6 Å². The Morgan fingerprint density at radius 3 is 2.38 bits per heavy atom. The van der Waals surface area contributed by atoms with Gasteiger partial charge in [0.1, 0.15) is 0 Å². The molecule has 1 aliphatic carbocycles. The van der Waals surface area contributed by atoms with Crippen LogP contribution in [0, 0.1) is 0 Å². The highest BCUT2D eigenvalue weighted by atomic mass is 32.1. The molecule has 0 bridgehead atoms. The van der Waals surface area contributed by atoms with Crippen LogP contribution in [0.3, 0.4) is 0 Å². The minimum Gasteiger partial charge on any atom is -0.148 e. The monoisotopic (exact) mass is 286 g/mol. The second-order valence-electron chi connectivity index (χ2n) is 5.80. The molecule has 1 heteroatoms. The highest BCUT2D eigenvalue weighted by Gasteiger charge is 2.24. The molecule has 0 spiro atoms. The van der Waals surface area contributed by atoms with Crippen LogP contribution >= 0.6 is 11.3 Å². The normalized spacial score (nSPS) is 16.9. The maximum atomic E-state index is 2.32. The Morgan fingerprint density at radius 1 is 0.762 bits per heavy atom. The molecular formula is C20H14S. The van der Waals surface area contributed by atoms with Crippen molar-refractivity contribution in [2.24, 2.45) is 0 Å². The number of hydrogen-bond donors (Lipinski definition) is 0. The lowest BCUT2D eigenvalue weighted by molar-refractivity contribution is 0.827. The summed E-state index contributed by atoms with van der Waals surface area (Å²) in [6.45, 7) is 0. The Labute approximate surface area is 127 Å². The van der Waals surface area contributed by atoms with E-state index in [4.69, 9.17) is 0 Å². The molecule has 0 aliphatic heterocycles. The minimum atomic E-state index is 0.509. The Bertz CT molecular complexity index is 964. The zero-order valence-electron chi connectivity index (χ0n) is 11.5. The minimum absolute atomic E-state index is 0.509. The summed E-state index contributed by atoms with van der Waals surface area (Å²) in [6, 6.07) is 22.5. The smallest absolute Gasteiger partial charge is 0.0230 e. The lowest BCUT2D eigenvalue weighted by Gasteiger charge is -2.26. The topological polar surface area (TPSA) is 0 Å². The van der Waals surface area contributed by atoms with Crippen molar-refractivity contribution in [3.63, 3.8) is 0 Å². The van der Waals surface area contributed by atoms with Gasteiger partial charge in [-0.15, -0.1) is 11.3 Å². The van der Waals surface area contributed by atoms with E-state index in [2.05, 4.69) is 66.0 Å². The third-order valence-electron chi connectivity index (χ3n) is 4.69. The summed E-state index contributed by atoms with van der Waals surface area (Å²) >= 11 is 1.88. The van der Waals surface area contributed by atoms with Gasteiger partial charge >= 0.3 is 0 Å². The molecular weight excluding hydrogens is 272 g/mol. The molecule has 1 aromatic heterocycles. The van der Waals surface area contributed by atoms with Crippen LogP contribution in [0.4, 0.5) is 0 Å². The first-order valence-electron chi connectivity index (χ1n) is 7.38. The van der Waals surface area contributed by atoms with Crippen LogP contribution in [0.2, 0.25) is 0 Å². The fraction of sp³-hybridized carbons (Fsp3) is 0.100. The third kappa shape index (κ3) is 1.55. The van der Waals surface area contributed by atoms with Crippen molar-refractivity contribution in [2.75, 3.05) is 0 Å². The highest BCUT2D eigenvalue weighted by Crippen LogP contribution is 2.44. The quantitative estimate of drug-likeness (QED) is 0.391. The lowest BCUT2D eigenvalue weighted by Crippen LogP contribution is -2.09. The van der Waals surface area contributed by atoms with E-state index in [1.54, 1.807) is 0 Å². The van der Waals surface area contributed by atoms with Gasteiger partial charge in [-0.3, -0.25) is 0 Å². The molecule has 0 saturated heterocycles. The molecule has 0 nitrogen and oxygen atoms in total. The molecule has 1 aliphatic rings. The molecule has 0 amide bonds. The first-order chi connectivity index (χ1) is 10.4. The van der Waals surface area contributed by atoms with Crippen LogP contribution in [0.25, 0.3) is 21.5 Å². The average Bonchev–Trinajstić information content (AvgIpc) is 3.06. The van der Waals surface area contributed by atoms with Crippen molar-refractivity contribution in [1.29, 1.82) is 0 Å². The molecule has 3 aromatic carbocycles. The predicted molar refractivity (Wildman–Crippen MR) is 91.3 cm³/mol. The predicted octanol–water partition coefficient (Wildman–Crippen LogP) is 5.74. The Balaban J connectivity index is 1.96. The van der Waals surface area contributed by atoms with Gasteiger partial charge in [-0.2, -0.15) is 0 Å². The summed E-state index contributed by atoms with van der Waals surface area (Å²) in [4.78, 5) is 1.48. The maximum absolute atomic E-state index is 2.32. The van der Waals surface area contributed by atoms with Gasteiger partial charge < -0.3 is 0 Å². The van der Waals surface area contributed by atoms with Crippen molar-refractivity contribution in [2.45, 2.75) is 12.3 Å². The second kappa shape index (κ2) is 4.19.